The second-order valence-corrected chi connectivity index (χ2v) is 8.31. The lowest BCUT2D eigenvalue weighted by molar-refractivity contribution is 0.0733. The van der Waals surface area contributed by atoms with Gasteiger partial charge in [-0.1, -0.05) is 0 Å². The quantitative estimate of drug-likeness (QED) is 0.531. The van der Waals surface area contributed by atoms with Gasteiger partial charge >= 0.3 is 0 Å². The van der Waals surface area contributed by atoms with E-state index in [1.807, 2.05) is 18.2 Å². The molecule has 5 rings (SSSR count). The minimum Gasteiger partial charge on any atom is -0.497 e. The zero-order chi connectivity index (χ0) is 21.0. The van der Waals surface area contributed by atoms with Gasteiger partial charge in [0.15, 0.2) is 11.5 Å². The summed E-state index contributed by atoms with van der Waals surface area (Å²) in [5.74, 6) is 2.33. The van der Waals surface area contributed by atoms with Crippen LogP contribution in [0.25, 0.3) is 16.6 Å². The van der Waals surface area contributed by atoms with E-state index in [9.17, 15) is 5.11 Å². The van der Waals surface area contributed by atoms with Crippen LogP contribution in [0.3, 0.4) is 0 Å². The van der Waals surface area contributed by atoms with Crippen LogP contribution in [-0.2, 0) is 5.60 Å². The third-order valence-corrected chi connectivity index (χ3v) is 5.74. The van der Waals surface area contributed by atoms with E-state index in [4.69, 9.17) is 15.5 Å². The molecule has 4 aromatic rings. The Morgan fingerprint density at radius 3 is 2.60 bits per heavy atom. The Bertz CT molecular complexity index is 1240. The first-order valence-electron chi connectivity index (χ1n) is 9.88. The van der Waals surface area contributed by atoms with Gasteiger partial charge in [0.25, 0.3) is 0 Å². The molecule has 9 nitrogen and oxygen atoms in total. The Morgan fingerprint density at radius 2 is 1.93 bits per heavy atom. The molecule has 30 heavy (non-hydrogen) atoms. The van der Waals surface area contributed by atoms with Gasteiger partial charge in [0.1, 0.15) is 11.4 Å². The summed E-state index contributed by atoms with van der Waals surface area (Å²) in [7, 11) is 1.62. The zero-order valence-electron chi connectivity index (χ0n) is 17.1. The summed E-state index contributed by atoms with van der Waals surface area (Å²) < 4.78 is 6.88. The fraction of sp³-hybridized carbons (Fsp3) is 0.381. The number of hydrogen-bond donors (Lipinski definition) is 2. The van der Waals surface area contributed by atoms with Gasteiger partial charge in [-0.3, -0.25) is 9.97 Å². The Morgan fingerprint density at radius 1 is 1.13 bits per heavy atom. The number of nitrogens with two attached hydrogens (primary N) is 1. The van der Waals surface area contributed by atoms with E-state index in [0.717, 1.165) is 41.0 Å². The van der Waals surface area contributed by atoms with Gasteiger partial charge in [-0.15, -0.1) is 5.10 Å². The molecule has 0 spiro atoms. The molecule has 0 atom stereocenters. The largest absolute Gasteiger partial charge is 0.497 e. The van der Waals surface area contributed by atoms with E-state index in [2.05, 4.69) is 20.1 Å². The van der Waals surface area contributed by atoms with E-state index < -0.39 is 5.60 Å². The van der Waals surface area contributed by atoms with Crippen molar-refractivity contribution in [3.63, 3.8) is 0 Å². The lowest BCUT2D eigenvalue weighted by atomic mass is 9.73. The van der Waals surface area contributed by atoms with Crippen molar-refractivity contribution in [1.82, 2.24) is 29.5 Å². The molecule has 0 aliphatic heterocycles. The summed E-state index contributed by atoms with van der Waals surface area (Å²) in [6, 6.07) is 5.65. The first-order chi connectivity index (χ1) is 14.3. The van der Waals surface area contributed by atoms with Crippen molar-refractivity contribution in [2.45, 2.75) is 44.1 Å². The van der Waals surface area contributed by atoms with Gasteiger partial charge < -0.3 is 15.6 Å². The highest BCUT2D eigenvalue weighted by Gasteiger charge is 2.36. The molecule has 1 aliphatic carbocycles. The summed E-state index contributed by atoms with van der Waals surface area (Å²) in [4.78, 5) is 18.1. The van der Waals surface area contributed by atoms with Gasteiger partial charge in [0.2, 0.25) is 5.95 Å². The summed E-state index contributed by atoms with van der Waals surface area (Å²) >= 11 is 0. The molecule has 0 bridgehead atoms. The highest BCUT2D eigenvalue weighted by Crippen LogP contribution is 2.46. The van der Waals surface area contributed by atoms with Crippen molar-refractivity contribution in [1.29, 1.82) is 0 Å². The van der Waals surface area contributed by atoms with E-state index in [1.165, 1.54) is 0 Å². The van der Waals surface area contributed by atoms with Crippen LogP contribution in [-0.4, -0.2) is 41.8 Å². The maximum atomic E-state index is 10.0. The van der Waals surface area contributed by atoms with Gasteiger partial charge in [0.05, 0.1) is 30.2 Å². The van der Waals surface area contributed by atoms with Crippen LogP contribution in [0.1, 0.15) is 55.7 Å². The maximum absolute atomic E-state index is 10.0. The van der Waals surface area contributed by atoms with E-state index in [-0.39, 0.29) is 5.92 Å². The summed E-state index contributed by atoms with van der Waals surface area (Å²) in [6.07, 6.45) is 5.20. The third kappa shape index (κ3) is 3.02. The van der Waals surface area contributed by atoms with Crippen LogP contribution in [0.5, 0.6) is 5.75 Å². The molecule has 3 heterocycles. The minimum absolute atomic E-state index is 0.235. The van der Waals surface area contributed by atoms with Crippen LogP contribution in [0.4, 0.5) is 5.95 Å². The SMILES string of the molecule is COc1ccc2c(c1)nc(N)n1nc(C3CC(c4cnc(C(C)(C)O)cn4)C3)nc21. The van der Waals surface area contributed by atoms with E-state index >= 15 is 0 Å². The van der Waals surface area contributed by atoms with Crippen molar-refractivity contribution in [2.75, 3.05) is 12.8 Å². The number of aromatic nitrogens is 6. The normalized spacial score (nSPS) is 19.2. The molecular formula is C21H23N7O2. The number of methoxy groups -OCH3 is 1. The molecule has 0 unspecified atom stereocenters. The van der Waals surface area contributed by atoms with Crippen molar-refractivity contribution in [2.24, 2.45) is 0 Å². The number of nitrogen functional groups attached to an aromatic ring is 1. The topological polar surface area (TPSA) is 124 Å². The molecule has 9 heteroatoms. The van der Waals surface area contributed by atoms with Crippen molar-refractivity contribution in [3.8, 4) is 5.75 Å². The number of rotatable bonds is 4. The third-order valence-electron chi connectivity index (χ3n) is 5.74. The standard InChI is InChI=1S/C21H23N7O2/c1-21(2,29)17-10-23-16(9-24-17)11-6-12(7-11)18-26-19-14-5-4-13(30-3)8-15(14)25-20(22)28(19)27-18/h4-5,8-12,29H,6-7H2,1-3H3,(H2,22,25). The predicted molar refractivity (Wildman–Crippen MR) is 111 cm³/mol. The fourth-order valence-corrected chi connectivity index (χ4v) is 3.86. The number of benzene rings is 1. The van der Waals surface area contributed by atoms with Crippen molar-refractivity contribution < 1.29 is 9.84 Å². The second-order valence-electron chi connectivity index (χ2n) is 8.31. The molecule has 1 saturated carbocycles. The average Bonchev–Trinajstić information content (AvgIpc) is 3.12. The fourth-order valence-electron chi connectivity index (χ4n) is 3.86. The molecule has 0 amide bonds. The van der Waals surface area contributed by atoms with Crippen LogP contribution in [0.15, 0.2) is 30.6 Å². The maximum Gasteiger partial charge on any atom is 0.223 e. The van der Waals surface area contributed by atoms with Gasteiger partial charge in [-0.2, -0.15) is 4.52 Å². The van der Waals surface area contributed by atoms with E-state index in [0.29, 0.717) is 23.2 Å². The highest BCUT2D eigenvalue weighted by atomic mass is 16.5. The number of nitrogens with zero attached hydrogens (tertiary/aromatic N) is 6. The number of anilines is 1. The van der Waals surface area contributed by atoms with Gasteiger partial charge in [-0.25, -0.2) is 9.97 Å². The Kier molecular flexibility index (Phi) is 4.11. The van der Waals surface area contributed by atoms with Crippen LogP contribution in [0, 0.1) is 0 Å². The minimum atomic E-state index is -0.991. The lowest BCUT2D eigenvalue weighted by Gasteiger charge is -2.32. The van der Waals surface area contributed by atoms with Crippen LogP contribution >= 0.6 is 0 Å². The monoisotopic (exact) mass is 405 g/mol. The first kappa shape index (κ1) is 18.7. The van der Waals surface area contributed by atoms with Crippen molar-refractivity contribution >= 4 is 22.5 Å². The molecule has 1 fully saturated rings. The number of aliphatic hydroxyl groups is 1. The number of ether oxygens (including phenoxy) is 1. The molecular weight excluding hydrogens is 382 g/mol. The smallest absolute Gasteiger partial charge is 0.223 e. The summed E-state index contributed by atoms with van der Waals surface area (Å²) in [6.45, 7) is 3.40. The average molecular weight is 405 g/mol. The molecule has 3 aromatic heterocycles. The summed E-state index contributed by atoms with van der Waals surface area (Å²) in [5.41, 5.74) is 8.06. The molecule has 1 aromatic carbocycles. The molecule has 154 valence electrons. The molecule has 0 saturated heterocycles. The first-order valence-corrected chi connectivity index (χ1v) is 9.88. The zero-order valence-corrected chi connectivity index (χ0v) is 17.1. The lowest BCUT2D eigenvalue weighted by Crippen LogP contribution is -2.23. The molecule has 1 aliphatic rings. The molecule has 0 radical (unpaired) electrons. The Labute approximate surface area is 173 Å². The van der Waals surface area contributed by atoms with Crippen molar-refractivity contribution in [3.05, 3.63) is 47.8 Å². The van der Waals surface area contributed by atoms with Gasteiger partial charge in [-0.05, 0) is 38.8 Å². The summed E-state index contributed by atoms with van der Waals surface area (Å²) in [5, 5.41) is 15.5. The number of hydrogen-bond acceptors (Lipinski definition) is 8. The van der Waals surface area contributed by atoms with Gasteiger partial charge in [0, 0.05) is 29.5 Å². The second kappa shape index (κ2) is 6.60. The van der Waals surface area contributed by atoms with E-state index in [1.54, 1.807) is 37.9 Å². The Balaban J connectivity index is 1.40. The Hall–Kier alpha value is -3.33. The predicted octanol–water partition coefficient (Wildman–Crippen LogP) is 2.55. The number of fused-ring (bicyclic) bond motifs is 3. The molecule has 3 N–H and O–H groups in total. The highest BCUT2D eigenvalue weighted by molar-refractivity contribution is 5.93. The van der Waals surface area contributed by atoms with Crippen LogP contribution in [0.2, 0.25) is 0 Å². The van der Waals surface area contributed by atoms with Crippen LogP contribution < -0.4 is 10.5 Å².